The molecule has 1 atom stereocenters. The summed E-state index contributed by atoms with van der Waals surface area (Å²) in [6, 6.07) is 0. The van der Waals surface area contributed by atoms with Gasteiger partial charge in [0.15, 0.2) is 5.60 Å². The maximum absolute atomic E-state index is 10.5. The minimum absolute atomic E-state index is 0. The van der Waals surface area contributed by atoms with E-state index in [1.165, 1.54) is 0 Å². The summed E-state index contributed by atoms with van der Waals surface area (Å²) in [7, 11) is -3.79. The summed E-state index contributed by atoms with van der Waals surface area (Å²) in [5, 5.41) is 30.9. The van der Waals surface area contributed by atoms with Crippen LogP contribution in [0.5, 0.6) is 0 Å². The SMILES string of the molecule is O=C([O-])CC(CC(=O)[O-])(O[P+](=O)[O-])C(=O)[O-].[K+].[K+].[K+]. The minimum Gasteiger partial charge on any atom is -0.566 e. The second-order valence-electron chi connectivity index (χ2n) is 2.69. The molecule has 0 N–H and O–H groups in total. The van der Waals surface area contributed by atoms with Crippen molar-refractivity contribution in [2.75, 3.05) is 0 Å². The molecule has 0 aliphatic heterocycles. The van der Waals surface area contributed by atoms with E-state index in [0.29, 0.717) is 0 Å². The fourth-order valence-electron chi connectivity index (χ4n) is 0.918. The third-order valence-corrected chi connectivity index (χ3v) is 1.98. The maximum atomic E-state index is 10.5. The zero-order valence-electron chi connectivity index (χ0n) is 10.5. The standard InChI is InChI=1S/C6H7O9P.3K/c7-3(8)1-6(5(11)12,2-4(9)10)15-16(13)14;;;/h1-2H2,(H,7,8)(H,9,10)(H,11,12);;;/q;3*+1/p-3. The zero-order chi connectivity index (χ0) is 12.9. The number of carbonyl (C=O) groups excluding carboxylic acids is 3. The van der Waals surface area contributed by atoms with E-state index in [1.54, 1.807) is 0 Å². The molecular weight excluding hydrogens is 364 g/mol. The van der Waals surface area contributed by atoms with Crippen molar-refractivity contribution in [2.24, 2.45) is 0 Å². The first-order chi connectivity index (χ1) is 7.19. The molecule has 0 saturated carbocycles. The van der Waals surface area contributed by atoms with E-state index >= 15 is 0 Å². The Morgan fingerprint density at radius 3 is 1.42 bits per heavy atom. The smallest absolute Gasteiger partial charge is 0.566 e. The zero-order valence-corrected chi connectivity index (χ0v) is 20.8. The van der Waals surface area contributed by atoms with Crippen LogP contribution < -0.4 is 174 Å². The van der Waals surface area contributed by atoms with Crippen molar-refractivity contribution in [3.63, 3.8) is 0 Å². The van der Waals surface area contributed by atoms with Gasteiger partial charge >= 0.3 is 162 Å². The summed E-state index contributed by atoms with van der Waals surface area (Å²) >= 11 is 0. The van der Waals surface area contributed by atoms with E-state index < -0.39 is 44.6 Å². The van der Waals surface area contributed by atoms with E-state index in [1.807, 2.05) is 0 Å². The number of hydrogen-bond donors (Lipinski definition) is 0. The van der Waals surface area contributed by atoms with Crippen LogP contribution in [-0.4, -0.2) is 23.5 Å². The van der Waals surface area contributed by atoms with Gasteiger partial charge in [-0.05, 0) is 4.57 Å². The van der Waals surface area contributed by atoms with Gasteiger partial charge in [0.1, 0.15) is 0 Å². The molecule has 9 nitrogen and oxygen atoms in total. The Hall–Kier alpha value is 3.34. The van der Waals surface area contributed by atoms with Gasteiger partial charge < -0.3 is 34.6 Å². The second kappa shape index (κ2) is 14.9. The summed E-state index contributed by atoms with van der Waals surface area (Å²) < 4.78 is 14.0. The minimum atomic E-state index is -3.79. The molecular formula is C6H4K3O9P. The maximum Gasteiger partial charge on any atom is 1.00 e. The average Bonchev–Trinajstić information content (AvgIpc) is 1.98. The number of carboxylic acid groups (broad SMARTS) is 3. The van der Waals surface area contributed by atoms with Crippen molar-refractivity contribution in [3.05, 3.63) is 0 Å². The number of rotatable bonds is 7. The predicted octanol–water partition coefficient (Wildman–Crippen LogP) is -14.2. The topological polar surface area (TPSA) is 170 Å². The molecule has 0 amide bonds. The third kappa shape index (κ3) is 13.5. The van der Waals surface area contributed by atoms with Gasteiger partial charge in [-0.2, -0.15) is 0 Å². The first-order valence-electron chi connectivity index (χ1n) is 3.64. The Morgan fingerprint density at radius 2 is 1.26 bits per heavy atom. The monoisotopic (exact) mass is 368 g/mol. The Balaban J connectivity index is -0.000000375. The molecule has 0 saturated heterocycles. The van der Waals surface area contributed by atoms with Gasteiger partial charge in [-0.3, -0.25) is 0 Å². The molecule has 0 radical (unpaired) electrons. The van der Waals surface area contributed by atoms with Gasteiger partial charge in [0, 0.05) is 24.8 Å². The van der Waals surface area contributed by atoms with Gasteiger partial charge in [0.05, 0.1) is 5.97 Å². The predicted molar refractivity (Wildman–Crippen MR) is 35.7 cm³/mol. The van der Waals surface area contributed by atoms with E-state index in [-0.39, 0.29) is 154 Å². The molecule has 0 fully saturated rings. The van der Waals surface area contributed by atoms with Crippen molar-refractivity contribution in [1.29, 1.82) is 0 Å². The van der Waals surface area contributed by atoms with E-state index in [4.69, 9.17) is 0 Å². The van der Waals surface area contributed by atoms with Gasteiger partial charge in [0.2, 0.25) is 0 Å². The van der Waals surface area contributed by atoms with Crippen molar-refractivity contribution in [1.82, 2.24) is 0 Å². The summed E-state index contributed by atoms with van der Waals surface area (Å²) in [5.74, 6) is -6.33. The van der Waals surface area contributed by atoms with E-state index in [0.717, 1.165) is 0 Å². The van der Waals surface area contributed by atoms with Gasteiger partial charge in [0.25, 0.3) is 0 Å². The Kier molecular flexibility index (Phi) is 23.7. The Labute approximate surface area is 236 Å². The molecule has 13 heteroatoms. The van der Waals surface area contributed by atoms with Crippen LogP contribution in [0.15, 0.2) is 0 Å². The fraction of sp³-hybridized carbons (Fsp3) is 0.500. The molecule has 0 rings (SSSR count). The summed E-state index contributed by atoms with van der Waals surface area (Å²) in [4.78, 5) is 41.1. The molecule has 90 valence electrons. The Morgan fingerprint density at radius 1 is 0.947 bits per heavy atom. The Bertz CT molecular complexity index is 306. The van der Waals surface area contributed by atoms with Crippen LogP contribution in [0.3, 0.4) is 0 Å². The summed E-state index contributed by atoms with van der Waals surface area (Å²) in [6.45, 7) is 0. The number of aliphatic carboxylic acids is 3. The number of carboxylic acids is 3. The molecule has 0 aliphatic carbocycles. The van der Waals surface area contributed by atoms with Crippen LogP contribution in [0, 0.1) is 0 Å². The van der Waals surface area contributed by atoms with Gasteiger partial charge in [-0.25, -0.2) is 0 Å². The van der Waals surface area contributed by atoms with Gasteiger partial charge in [-0.15, -0.1) is 4.52 Å². The van der Waals surface area contributed by atoms with Gasteiger partial charge in [-0.1, -0.05) is 0 Å². The van der Waals surface area contributed by atoms with Crippen LogP contribution in [0.1, 0.15) is 12.8 Å². The van der Waals surface area contributed by atoms with Crippen LogP contribution >= 0.6 is 8.25 Å². The molecule has 0 aliphatic rings. The molecule has 0 aromatic carbocycles. The van der Waals surface area contributed by atoms with Crippen LogP contribution in [0.2, 0.25) is 0 Å². The largest absolute Gasteiger partial charge is 1.00 e. The number of carbonyl (C=O) groups is 3. The molecule has 0 heterocycles. The molecule has 0 aromatic heterocycles. The van der Waals surface area contributed by atoms with Crippen molar-refractivity contribution in [2.45, 2.75) is 18.4 Å². The molecule has 0 aromatic rings. The van der Waals surface area contributed by atoms with Crippen molar-refractivity contribution >= 4 is 26.2 Å². The van der Waals surface area contributed by atoms with E-state index in [2.05, 4.69) is 4.52 Å². The molecule has 1 unspecified atom stereocenters. The molecule has 0 spiro atoms. The normalized spacial score (nSPS) is 10.1. The first-order valence-corrected chi connectivity index (χ1v) is 4.74. The molecule has 19 heavy (non-hydrogen) atoms. The average molecular weight is 368 g/mol. The summed E-state index contributed by atoms with van der Waals surface area (Å²) in [6.07, 6.45) is -2.99. The fourth-order valence-corrected chi connectivity index (χ4v) is 1.41. The second-order valence-corrected chi connectivity index (χ2v) is 3.32. The van der Waals surface area contributed by atoms with Crippen molar-refractivity contribution in [3.8, 4) is 0 Å². The quantitative estimate of drug-likeness (QED) is 0.312. The van der Waals surface area contributed by atoms with Crippen LogP contribution in [0.4, 0.5) is 0 Å². The number of hydrogen-bond acceptors (Lipinski definition) is 9. The first kappa shape index (κ1) is 30.2. The van der Waals surface area contributed by atoms with Crippen LogP contribution in [-0.2, 0) is 23.5 Å². The molecule has 0 bridgehead atoms. The summed E-state index contributed by atoms with van der Waals surface area (Å²) in [5.41, 5.74) is -3.05. The van der Waals surface area contributed by atoms with Crippen LogP contribution in [0.25, 0.3) is 0 Å². The van der Waals surface area contributed by atoms with Crippen molar-refractivity contribution < 1.29 is 198 Å². The third-order valence-electron chi connectivity index (χ3n) is 1.48. The van der Waals surface area contributed by atoms with E-state index in [9.17, 15) is 39.2 Å².